The average Bonchev–Trinajstić information content (AvgIpc) is 3.77. The smallest absolute Gasteiger partial charge is 0.181 e. The molecule has 3 N–H and O–H groups in total. The predicted molar refractivity (Wildman–Crippen MR) is 164 cm³/mol. The van der Waals surface area contributed by atoms with E-state index >= 15 is 0 Å². The van der Waals surface area contributed by atoms with Crippen LogP contribution in [0.15, 0.2) is 96.5 Å². The number of aryl methyl sites for hydroxylation is 1. The van der Waals surface area contributed by atoms with Crippen molar-refractivity contribution in [2.45, 2.75) is 26.4 Å². The summed E-state index contributed by atoms with van der Waals surface area (Å²) < 4.78 is 0. The number of rotatable bonds is 8. The molecular formula is C33H28N6S. The van der Waals surface area contributed by atoms with Crippen molar-refractivity contribution in [2.75, 3.05) is 0 Å². The molecule has 6 nitrogen and oxygen atoms in total. The molecule has 0 fully saturated rings. The minimum absolute atomic E-state index is 0.675. The number of aromatic amines is 2. The van der Waals surface area contributed by atoms with Crippen LogP contribution >= 0.6 is 11.3 Å². The van der Waals surface area contributed by atoms with Crippen LogP contribution in [-0.2, 0) is 19.5 Å². The molecule has 0 unspecified atom stereocenters. The summed E-state index contributed by atoms with van der Waals surface area (Å²) in [4.78, 5) is 14.4. The first-order valence-corrected chi connectivity index (χ1v) is 14.4. The Balaban J connectivity index is 1.23. The van der Waals surface area contributed by atoms with Gasteiger partial charge in [0.25, 0.3) is 0 Å². The second kappa shape index (κ2) is 10.5. The predicted octanol–water partition coefficient (Wildman–Crippen LogP) is 7.75. The van der Waals surface area contributed by atoms with Crippen LogP contribution in [0.1, 0.15) is 23.6 Å². The molecule has 0 saturated carbocycles. The Labute approximate surface area is 236 Å². The number of aromatic nitrogens is 5. The molecule has 7 aromatic rings. The minimum Gasteiger partial charge on any atom is -0.337 e. The Bertz CT molecular complexity index is 1920. The van der Waals surface area contributed by atoms with E-state index in [1.165, 1.54) is 21.6 Å². The summed E-state index contributed by atoms with van der Waals surface area (Å²) in [6.07, 6.45) is 2.88. The number of pyridine rings is 1. The van der Waals surface area contributed by atoms with Gasteiger partial charge in [-0.1, -0.05) is 67.6 Å². The molecule has 7 heteroatoms. The second-order valence-corrected chi connectivity index (χ2v) is 10.9. The van der Waals surface area contributed by atoms with Crippen LogP contribution in [0.25, 0.3) is 55.2 Å². The van der Waals surface area contributed by atoms with Crippen molar-refractivity contribution in [2.24, 2.45) is 0 Å². The van der Waals surface area contributed by atoms with Gasteiger partial charge in [-0.3, -0.25) is 5.10 Å². The zero-order valence-corrected chi connectivity index (χ0v) is 22.9. The lowest BCUT2D eigenvalue weighted by Gasteiger charge is -2.11. The molecule has 4 heterocycles. The average molecular weight is 541 g/mol. The first-order chi connectivity index (χ1) is 19.7. The highest BCUT2D eigenvalue weighted by molar-refractivity contribution is 7.13. The molecule has 7 rings (SSSR count). The van der Waals surface area contributed by atoms with Crippen LogP contribution in [0.2, 0.25) is 0 Å². The maximum absolute atomic E-state index is 5.01. The normalized spacial score (nSPS) is 11.5. The lowest BCUT2D eigenvalue weighted by molar-refractivity contribution is 0.693. The van der Waals surface area contributed by atoms with Gasteiger partial charge in [0.2, 0.25) is 0 Å². The Morgan fingerprint density at radius 3 is 2.55 bits per heavy atom. The van der Waals surface area contributed by atoms with Crippen molar-refractivity contribution in [1.29, 1.82) is 0 Å². The van der Waals surface area contributed by atoms with E-state index in [1.54, 1.807) is 11.3 Å². The number of hydrogen-bond acceptors (Lipinski definition) is 5. The lowest BCUT2D eigenvalue weighted by Crippen LogP contribution is -2.12. The van der Waals surface area contributed by atoms with E-state index in [-0.39, 0.29) is 0 Å². The van der Waals surface area contributed by atoms with Gasteiger partial charge in [0.1, 0.15) is 5.69 Å². The maximum atomic E-state index is 5.01. The molecule has 0 atom stereocenters. The van der Waals surface area contributed by atoms with Gasteiger partial charge < -0.3 is 10.3 Å². The van der Waals surface area contributed by atoms with Crippen LogP contribution < -0.4 is 5.32 Å². The summed E-state index contributed by atoms with van der Waals surface area (Å²) in [5.41, 5.74) is 10.7. The van der Waals surface area contributed by atoms with Crippen LogP contribution in [0.4, 0.5) is 0 Å². The van der Waals surface area contributed by atoms with Gasteiger partial charge in [-0.25, -0.2) is 9.97 Å². The zero-order valence-electron chi connectivity index (χ0n) is 22.1. The van der Waals surface area contributed by atoms with E-state index in [0.29, 0.717) is 5.65 Å². The quantitative estimate of drug-likeness (QED) is 0.184. The van der Waals surface area contributed by atoms with E-state index in [2.05, 4.69) is 112 Å². The monoisotopic (exact) mass is 540 g/mol. The largest absolute Gasteiger partial charge is 0.337 e. The molecule has 3 aromatic carbocycles. The van der Waals surface area contributed by atoms with Crippen molar-refractivity contribution in [3.8, 4) is 33.1 Å². The SMILES string of the molecule is CCc1cc(CNCc2ccccc2)cc(-c2cnc3n[nH]c(-c4nc5c(-c6cccs6)cccc5[nH]4)c3c2)c1. The molecule has 0 aliphatic carbocycles. The van der Waals surface area contributed by atoms with Crippen molar-refractivity contribution < 1.29 is 0 Å². The van der Waals surface area contributed by atoms with E-state index < -0.39 is 0 Å². The van der Waals surface area contributed by atoms with Gasteiger partial charge in [-0.05, 0) is 58.3 Å². The molecule has 40 heavy (non-hydrogen) atoms. The molecule has 0 aliphatic rings. The number of thiophene rings is 1. The summed E-state index contributed by atoms with van der Waals surface area (Å²) in [6.45, 7) is 3.83. The Morgan fingerprint density at radius 2 is 1.70 bits per heavy atom. The standard InChI is InChI=1S/C33H28N6S/c1-2-21-14-23(19-34-18-22-8-4-3-5-9-22)16-24(15-21)25-17-27-31(38-39-32(27)35-20-25)33-36-28-11-6-10-26(30(28)37-33)29-12-7-13-40-29/h3-17,20,34H,2,18-19H2,1H3,(H,36,37)(H,35,38,39). The first kappa shape index (κ1) is 24.5. The number of benzene rings is 3. The van der Waals surface area contributed by atoms with Gasteiger partial charge in [-0.15, -0.1) is 11.3 Å². The third-order valence-electron chi connectivity index (χ3n) is 7.24. The molecule has 0 radical (unpaired) electrons. The van der Waals surface area contributed by atoms with Gasteiger partial charge in [0.05, 0.1) is 16.4 Å². The highest BCUT2D eigenvalue weighted by Crippen LogP contribution is 2.34. The van der Waals surface area contributed by atoms with E-state index in [0.717, 1.165) is 64.1 Å². The fourth-order valence-electron chi connectivity index (χ4n) is 5.20. The maximum Gasteiger partial charge on any atom is 0.181 e. The molecule has 0 amide bonds. The lowest BCUT2D eigenvalue weighted by atomic mass is 9.99. The Kier molecular flexibility index (Phi) is 6.43. The Hall–Kier alpha value is -4.59. The summed E-state index contributed by atoms with van der Waals surface area (Å²) >= 11 is 1.72. The number of hydrogen-bond donors (Lipinski definition) is 3. The zero-order chi connectivity index (χ0) is 26.9. The summed E-state index contributed by atoms with van der Waals surface area (Å²) in [5, 5.41) is 14.3. The highest BCUT2D eigenvalue weighted by Gasteiger charge is 2.16. The number of para-hydroxylation sites is 1. The van der Waals surface area contributed by atoms with E-state index in [1.807, 2.05) is 12.3 Å². The second-order valence-electron chi connectivity index (χ2n) is 9.94. The summed E-state index contributed by atoms with van der Waals surface area (Å²) in [5.74, 6) is 0.758. The van der Waals surface area contributed by atoms with Crippen LogP contribution in [-0.4, -0.2) is 25.1 Å². The van der Waals surface area contributed by atoms with Gasteiger partial charge in [-0.2, -0.15) is 5.10 Å². The fourth-order valence-corrected chi connectivity index (χ4v) is 5.95. The number of nitrogens with zero attached hydrogens (tertiary/aromatic N) is 3. The van der Waals surface area contributed by atoms with Crippen molar-refractivity contribution >= 4 is 33.4 Å². The number of imidazole rings is 1. The van der Waals surface area contributed by atoms with Gasteiger partial charge in [0, 0.05) is 35.3 Å². The fraction of sp³-hybridized carbons (Fsp3) is 0.121. The van der Waals surface area contributed by atoms with Gasteiger partial charge in [0.15, 0.2) is 11.5 Å². The molecular weight excluding hydrogens is 512 g/mol. The van der Waals surface area contributed by atoms with E-state index in [9.17, 15) is 0 Å². The molecule has 4 aromatic heterocycles. The molecule has 0 spiro atoms. The minimum atomic E-state index is 0.675. The molecule has 196 valence electrons. The summed E-state index contributed by atoms with van der Waals surface area (Å²) in [7, 11) is 0. The van der Waals surface area contributed by atoms with E-state index in [4.69, 9.17) is 9.97 Å². The van der Waals surface area contributed by atoms with Crippen LogP contribution in [0.3, 0.4) is 0 Å². The third kappa shape index (κ3) is 4.70. The van der Waals surface area contributed by atoms with Crippen molar-refractivity contribution in [3.05, 3.63) is 113 Å². The molecule has 0 saturated heterocycles. The number of fused-ring (bicyclic) bond motifs is 2. The Morgan fingerprint density at radius 1 is 0.825 bits per heavy atom. The highest BCUT2D eigenvalue weighted by atomic mass is 32.1. The number of nitrogens with one attached hydrogen (secondary N) is 3. The first-order valence-electron chi connectivity index (χ1n) is 13.5. The van der Waals surface area contributed by atoms with Crippen LogP contribution in [0.5, 0.6) is 0 Å². The molecule has 0 aliphatic heterocycles. The van der Waals surface area contributed by atoms with Crippen LogP contribution in [0, 0.1) is 0 Å². The summed E-state index contributed by atoms with van der Waals surface area (Å²) in [6, 6.07) is 29.9. The molecule has 0 bridgehead atoms. The number of H-pyrrole nitrogens is 2. The van der Waals surface area contributed by atoms with Gasteiger partial charge >= 0.3 is 0 Å². The van der Waals surface area contributed by atoms with Crippen molar-refractivity contribution in [1.82, 2.24) is 30.5 Å². The topological polar surface area (TPSA) is 82.3 Å². The van der Waals surface area contributed by atoms with Crippen molar-refractivity contribution in [3.63, 3.8) is 0 Å². The third-order valence-corrected chi connectivity index (χ3v) is 8.14.